The van der Waals surface area contributed by atoms with Gasteiger partial charge in [-0.05, 0) is 12.5 Å². The van der Waals surface area contributed by atoms with Crippen molar-refractivity contribution in [2.24, 2.45) is 0 Å². The largest absolute Gasteiger partial charge is 0.493 e. The second-order valence-corrected chi connectivity index (χ2v) is 3.03. The Morgan fingerprint density at radius 1 is 1.53 bits per heavy atom. The molecule has 1 aromatic carbocycles. The Morgan fingerprint density at radius 2 is 2.27 bits per heavy atom. The van der Waals surface area contributed by atoms with Gasteiger partial charge in [-0.3, -0.25) is 4.79 Å². The average Bonchev–Trinajstić information content (AvgIpc) is 2.18. The monoisotopic (exact) mass is 206 g/mol. The Labute approximate surface area is 89.3 Å². The molecule has 3 nitrogen and oxygen atoms in total. The average molecular weight is 206 g/mol. The van der Waals surface area contributed by atoms with Crippen LogP contribution in [0.2, 0.25) is 0 Å². The third-order valence-electron chi connectivity index (χ3n) is 1.88. The quantitative estimate of drug-likeness (QED) is 0.431. The fourth-order valence-electron chi connectivity index (χ4n) is 1.34. The smallest absolute Gasteiger partial charge is 0.308 e. The molecular formula is C12H14O3. The molecule has 0 saturated carbocycles. The number of rotatable bonds is 4. The fourth-order valence-corrected chi connectivity index (χ4v) is 1.34. The van der Waals surface area contributed by atoms with E-state index in [4.69, 9.17) is 9.47 Å². The van der Waals surface area contributed by atoms with Gasteiger partial charge in [0.15, 0.2) is 11.5 Å². The maximum absolute atomic E-state index is 10.9. The lowest BCUT2D eigenvalue weighted by atomic mass is 10.1. The first-order valence-electron chi connectivity index (χ1n) is 4.64. The molecule has 0 atom stereocenters. The minimum absolute atomic E-state index is 0.357. The van der Waals surface area contributed by atoms with Crippen LogP contribution in [0.15, 0.2) is 30.9 Å². The number of hydrogen-bond acceptors (Lipinski definition) is 3. The third kappa shape index (κ3) is 2.84. The highest BCUT2D eigenvalue weighted by Crippen LogP contribution is 2.31. The lowest BCUT2D eigenvalue weighted by molar-refractivity contribution is -0.132. The highest BCUT2D eigenvalue weighted by Gasteiger charge is 2.10. The molecule has 0 aromatic heterocycles. The van der Waals surface area contributed by atoms with Crippen molar-refractivity contribution in [1.82, 2.24) is 0 Å². The van der Waals surface area contributed by atoms with Gasteiger partial charge in [0.2, 0.25) is 0 Å². The first kappa shape index (κ1) is 11.3. The summed E-state index contributed by atoms with van der Waals surface area (Å²) in [7, 11) is 1.55. The molecule has 1 rings (SSSR count). The van der Waals surface area contributed by atoms with Gasteiger partial charge in [0.05, 0.1) is 7.11 Å². The van der Waals surface area contributed by atoms with Gasteiger partial charge in [-0.2, -0.15) is 0 Å². The van der Waals surface area contributed by atoms with Crippen molar-refractivity contribution in [2.45, 2.75) is 13.3 Å². The van der Waals surface area contributed by atoms with Crippen molar-refractivity contribution >= 4 is 5.97 Å². The van der Waals surface area contributed by atoms with E-state index in [0.29, 0.717) is 17.9 Å². The van der Waals surface area contributed by atoms with Gasteiger partial charge in [-0.1, -0.05) is 18.2 Å². The number of carbonyl (C=O) groups excluding carboxylic acids is 1. The summed E-state index contributed by atoms with van der Waals surface area (Å²) in [5, 5.41) is 0. The number of carbonyl (C=O) groups is 1. The summed E-state index contributed by atoms with van der Waals surface area (Å²) in [4.78, 5) is 10.9. The minimum atomic E-state index is -0.357. The molecule has 0 aliphatic rings. The first-order valence-corrected chi connectivity index (χ1v) is 4.64. The Balaban J connectivity index is 3.09. The van der Waals surface area contributed by atoms with Gasteiger partial charge < -0.3 is 9.47 Å². The van der Waals surface area contributed by atoms with E-state index in [-0.39, 0.29) is 5.97 Å². The Morgan fingerprint density at radius 3 is 2.80 bits per heavy atom. The minimum Gasteiger partial charge on any atom is -0.493 e. The second kappa shape index (κ2) is 5.20. The highest BCUT2D eigenvalue weighted by atomic mass is 16.6. The molecule has 3 heteroatoms. The van der Waals surface area contributed by atoms with Crippen LogP contribution in [0.3, 0.4) is 0 Å². The number of allylic oxidation sites excluding steroid dienone is 1. The van der Waals surface area contributed by atoms with E-state index in [1.807, 2.05) is 12.1 Å². The number of benzene rings is 1. The summed E-state index contributed by atoms with van der Waals surface area (Å²) in [5.74, 6) is 0.681. The van der Waals surface area contributed by atoms with Crippen LogP contribution >= 0.6 is 0 Å². The number of para-hydroxylation sites is 1. The van der Waals surface area contributed by atoms with Gasteiger partial charge in [-0.15, -0.1) is 6.58 Å². The number of ether oxygens (including phenoxy) is 2. The van der Waals surface area contributed by atoms with Gasteiger partial charge in [0.1, 0.15) is 0 Å². The predicted molar refractivity (Wildman–Crippen MR) is 58.2 cm³/mol. The third-order valence-corrected chi connectivity index (χ3v) is 1.88. The van der Waals surface area contributed by atoms with Crippen molar-refractivity contribution in [3.63, 3.8) is 0 Å². The summed E-state index contributed by atoms with van der Waals surface area (Å²) >= 11 is 0. The second-order valence-electron chi connectivity index (χ2n) is 3.03. The molecule has 0 N–H and O–H groups in total. The number of esters is 1. The highest BCUT2D eigenvalue weighted by molar-refractivity contribution is 5.70. The molecule has 15 heavy (non-hydrogen) atoms. The van der Waals surface area contributed by atoms with Crippen LogP contribution in [0.5, 0.6) is 11.5 Å². The first-order chi connectivity index (χ1) is 7.19. The molecule has 0 radical (unpaired) electrons. The maximum Gasteiger partial charge on any atom is 0.308 e. The van der Waals surface area contributed by atoms with Gasteiger partial charge in [0.25, 0.3) is 0 Å². The van der Waals surface area contributed by atoms with Gasteiger partial charge in [-0.25, -0.2) is 0 Å². The Bertz CT molecular complexity index is 369. The molecule has 1 aromatic rings. The molecule has 0 amide bonds. The van der Waals surface area contributed by atoms with Crippen molar-refractivity contribution < 1.29 is 14.3 Å². The lowest BCUT2D eigenvalue weighted by Crippen LogP contribution is -2.04. The summed E-state index contributed by atoms with van der Waals surface area (Å²) in [6.45, 7) is 5.02. The van der Waals surface area contributed by atoms with Crippen molar-refractivity contribution in [2.75, 3.05) is 7.11 Å². The van der Waals surface area contributed by atoms with E-state index in [1.54, 1.807) is 19.3 Å². The summed E-state index contributed by atoms with van der Waals surface area (Å²) in [6.07, 6.45) is 2.45. The van der Waals surface area contributed by atoms with Crippen LogP contribution < -0.4 is 9.47 Å². The van der Waals surface area contributed by atoms with E-state index in [9.17, 15) is 4.79 Å². The van der Waals surface area contributed by atoms with Crippen molar-refractivity contribution in [3.05, 3.63) is 36.4 Å². The summed E-state index contributed by atoms with van der Waals surface area (Å²) < 4.78 is 10.2. The summed E-state index contributed by atoms with van der Waals surface area (Å²) in [6, 6.07) is 5.43. The van der Waals surface area contributed by atoms with Crippen LogP contribution in [0.25, 0.3) is 0 Å². The molecule has 0 aliphatic heterocycles. The van der Waals surface area contributed by atoms with Crippen LogP contribution in [0.1, 0.15) is 12.5 Å². The Hall–Kier alpha value is -1.77. The van der Waals surface area contributed by atoms with Crippen molar-refractivity contribution in [1.29, 1.82) is 0 Å². The molecule has 0 aliphatic carbocycles. The van der Waals surface area contributed by atoms with Gasteiger partial charge >= 0.3 is 5.97 Å². The molecule has 0 fully saturated rings. The van der Waals surface area contributed by atoms with E-state index in [1.165, 1.54) is 6.92 Å². The topological polar surface area (TPSA) is 35.5 Å². The molecule has 0 unspecified atom stereocenters. The van der Waals surface area contributed by atoms with E-state index in [2.05, 4.69) is 6.58 Å². The Kier molecular flexibility index (Phi) is 3.92. The van der Waals surface area contributed by atoms with Crippen LogP contribution in [-0.2, 0) is 11.2 Å². The predicted octanol–water partition coefficient (Wildman–Crippen LogP) is 2.35. The maximum atomic E-state index is 10.9. The molecule has 0 heterocycles. The summed E-state index contributed by atoms with van der Waals surface area (Å²) in [5.41, 5.74) is 0.950. The van der Waals surface area contributed by atoms with Crippen molar-refractivity contribution in [3.8, 4) is 11.5 Å². The number of methoxy groups -OCH3 is 1. The van der Waals surface area contributed by atoms with E-state index in [0.717, 1.165) is 5.56 Å². The fraction of sp³-hybridized carbons (Fsp3) is 0.250. The number of hydrogen-bond donors (Lipinski definition) is 0. The van der Waals surface area contributed by atoms with Crippen LogP contribution in [0.4, 0.5) is 0 Å². The van der Waals surface area contributed by atoms with Crippen LogP contribution in [0, 0.1) is 0 Å². The van der Waals surface area contributed by atoms with E-state index < -0.39 is 0 Å². The normalized spacial score (nSPS) is 9.47. The zero-order valence-electron chi connectivity index (χ0n) is 8.95. The molecule has 0 spiro atoms. The van der Waals surface area contributed by atoms with Crippen LogP contribution in [-0.4, -0.2) is 13.1 Å². The zero-order valence-corrected chi connectivity index (χ0v) is 8.95. The molecule has 0 saturated heterocycles. The SMILES string of the molecule is C=CCc1cccc(OC(C)=O)c1OC. The van der Waals surface area contributed by atoms with Gasteiger partial charge in [0, 0.05) is 12.5 Å². The standard InChI is InChI=1S/C12H14O3/c1-4-6-10-7-5-8-11(12(10)14-3)15-9(2)13/h4-5,7-8H,1,6H2,2-3H3. The zero-order chi connectivity index (χ0) is 11.3. The molecule has 0 bridgehead atoms. The molecular weight excluding hydrogens is 192 g/mol. The lowest BCUT2D eigenvalue weighted by Gasteiger charge is -2.11. The molecule has 80 valence electrons. The van der Waals surface area contributed by atoms with E-state index >= 15 is 0 Å².